The Bertz CT molecular complexity index is 650. The molecule has 1 aromatic heterocycles. The SMILES string of the molecule is O=C1N/C(=N/N=C\c2ccco2)S[C@@H]1c1ccccc1. The van der Waals surface area contributed by atoms with Gasteiger partial charge in [0.05, 0.1) is 12.5 Å². The fourth-order valence-corrected chi connectivity index (χ4v) is 2.70. The number of benzene rings is 1. The van der Waals surface area contributed by atoms with E-state index in [0.29, 0.717) is 10.9 Å². The molecule has 0 aliphatic carbocycles. The van der Waals surface area contributed by atoms with Gasteiger partial charge in [-0.3, -0.25) is 4.79 Å². The minimum absolute atomic E-state index is 0.0758. The molecular formula is C14H11N3O2S. The van der Waals surface area contributed by atoms with E-state index in [1.165, 1.54) is 18.0 Å². The Labute approximate surface area is 119 Å². The van der Waals surface area contributed by atoms with E-state index in [1.54, 1.807) is 18.4 Å². The van der Waals surface area contributed by atoms with Gasteiger partial charge in [0.1, 0.15) is 11.0 Å². The summed E-state index contributed by atoms with van der Waals surface area (Å²) in [7, 11) is 0. The van der Waals surface area contributed by atoms with Gasteiger partial charge in [0.2, 0.25) is 5.91 Å². The molecule has 0 radical (unpaired) electrons. The molecule has 0 unspecified atom stereocenters. The van der Waals surface area contributed by atoms with Crippen molar-refractivity contribution in [2.45, 2.75) is 5.25 Å². The van der Waals surface area contributed by atoms with Crippen molar-refractivity contribution in [1.82, 2.24) is 5.32 Å². The van der Waals surface area contributed by atoms with Gasteiger partial charge in [-0.25, -0.2) is 0 Å². The summed E-state index contributed by atoms with van der Waals surface area (Å²) in [5, 5.41) is 10.8. The van der Waals surface area contributed by atoms with Crippen LogP contribution in [0.2, 0.25) is 0 Å². The van der Waals surface area contributed by atoms with E-state index in [4.69, 9.17) is 4.42 Å². The molecular weight excluding hydrogens is 274 g/mol. The van der Waals surface area contributed by atoms with Crippen LogP contribution < -0.4 is 5.32 Å². The molecule has 1 fully saturated rings. The highest BCUT2D eigenvalue weighted by atomic mass is 32.2. The van der Waals surface area contributed by atoms with E-state index in [-0.39, 0.29) is 11.2 Å². The lowest BCUT2D eigenvalue weighted by molar-refractivity contribution is -0.118. The molecule has 1 atom stereocenters. The number of nitrogens with one attached hydrogen (secondary N) is 1. The highest BCUT2D eigenvalue weighted by Crippen LogP contribution is 2.34. The number of carbonyl (C=O) groups is 1. The van der Waals surface area contributed by atoms with Crippen molar-refractivity contribution in [3.8, 4) is 0 Å². The largest absolute Gasteiger partial charge is 0.463 e. The standard InChI is InChI=1S/C14H11N3O2S/c18-13-12(10-5-2-1-3-6-10)20-14(16-13)17-15-9-11-7-4-8-19-11/h1-9,12H,(H,16,17,18)/b15-9-/t12-/m1/s1. The summed E-state index contributed by atoms with van der Waals surface area (Å²) in [6.07, 6.45) is 3.06. The molecule has 1 aliphatic rings. The molecule has 100 valence electrons. The Morgan fingerprint density at radius 3 is 2.80 bits per heavy atom. The second-order valence-corrected chi connectivity index (χ2v) is 5.16. The molecule has 1 aliphatic heterocycles. The number of rotatable bonds is 3. The molecule has 6 heteroatoms. The Balaban J connectivity index is 1.70. The number of furan rings is 1. The predicted molar refractivity (Wildman–Crippen MR) is 78.7 cm³/mol. The van der Waals surface area contributed by atoms with E-state index in [2.05, 4.69) is 15.5 Å². The van der Waals surface area contributed by atoms with E-state index in [0.717, 1.165) is 5.56 Å². The van der Waals surface area contributed by atoms with Crippen LogP contribution in [0.5, 0.6) is 0 Å². The summed E-state index contributed by atoms with van der Waals surface area (Å²) in [5.74, 6) is 0.538. The van der Waals surface area contributed by atoms with Crippen LogP contribution in [0.3, 0.4) is 0 Å². The van der Waals surface area contributed by atoms with Crippen LogP contribution in [0.15, 0.2) is 63.3 Å². The number of thioether (sulfide) groups is 1. The van der Waals surface area contributed by atoms with Gasteiger partial charge in [0.15, 0.2) is 5.17 Å². The highest BCUT2D eigenvalue weighted by Gasteiger charge is 2.31. The van der Waals surface area contributed by atoms with E-state index in [1.807, 2.05) is 30.3 Å². The number of carbonyl (C=O) groups excluding carboxylic acids is 1. The fourth-order valence-electron chi connectivity index (χ4n) is 1.76. The Hall–Kier alpha value is -2.34. The van der Waals surface area contributed by atoms with Gasteiger partial charge in [0.25, 0.3) is 0 Å². The van der Waals surface area contributed by atoms with Crippen LogP contribution in [0.4, 0.5) is 0 Å². The van der Waals surface area contributed by atoms with Crippen molar-refractivity contribution in [2.75, 3.05) is 0 Å². The van der Waals surface area contributed by atoms with Gasteiger partial charge < -0.3 is 9.73 Å². The third kappa shape index (κ3) is 2.80. The minimum Gasteiger partial charge on any atom is -0.463 e. The topological polar surface area (TPSA) is 67.0 Å². The van der Waals surface area contributed by atoms with Crippen molar-refractivity contribution in [3.05, 3.63) is 60.1 Å². The maximum Gasteiger partial charge on any atom is 0.244 e. The maximum absolute atomic E-state index is 11.9. The van der Waals surface area contributed by atoms with Crippen LogP contribution in [0, 0.1) is 0 Å². The summed E-state index contributed by atoms with van der Waals surface area (Å²) in [6.45, 7) is 0. The first kappa shape index (κ1) is 12.7. The molecule has 0 saturated carbocycles. The van der Waals surface area contributed by atoms with Gasteiger partial charge in [-0.05, 0) is 17.7 Å². The van der Waals surface area contributed by atoms with Crippen LogP contribution in [-0.4, -0.2) is 17.3 Å². The Morgan fingerprint density at radius 1 is 1.20 bits per heavy atom. The Kier molecular flexibility index (Phi) is 3.64. The number of nitrogens with zero attached hydrogens (tertiary/aromatic N) is 2. The minimum atomic E-state index is -0.270. The fraction of sp³-hybridized carbons (Fsp3) is 0.0714. The molecule has 0 bridgehead atoms. The van der Waals surface area contributed by atoms with Gasteiger partial charge >= 0.3 is 0 Å². The summed E-state index contributed by atoms with van der Waals surface area (Å²) < 4.78 is 5.10. The zero-order valence-electron chi connectivity index (χ0n) is 10.4. The molecule has 2 aromatic rings. The van der Waals surface area contributed by atoms with Crippen molar-refractivity contribution in [2.24, 2.45) is 10.2 Å². The normalized spacial score (nSPS) is 20.7. The van der Waals surface area contributed by atoms with Gasteiger partial charge in [-0.15, -0.1) is 5.10 Å². The van der Waals surface area contributed by atoms with Crippen molar-refractivity contribution >= 4 is 29.1 Å². The maximum atomic E-state index is 11.9. The van der Waals surface area contributed by atoms with Crippen LogP contribution in [0.1, 0.15) is 16.6 Å². The second-order valence-electron chi connectivity index (χ2n) is 4.06. The molecule has 1 saturated heterocycles. The number of amides is 1. The summed E-state index contributed by atoms with van der Waals surface area (Å²) in [4.78, 5) is 11.9. The summed E-state index contributed by atoms with van der Waals surface area (Å²) in [5.41, 5.74) is 0.954. The first-order chi connectivity index (χ1) is 9.83. The van der Waals surface area contributed by atoms with E-state index < -0.39 is 0 Å². The molecule has 1 aromatic carbocycles. The molecule has 3 rings (SSSR count). The summed E-state index contributed by atoms with van der Waals surface area (Å²) in [6, 6.07) is 13.1. The van der Waals surface area contributed by atoms with Crippen molar-refractivity contribution in [3.63, 3.8) is 0 Å². The number of hydrogen-bond donors (Lipinski definition) is 1. The molecule has 20 heavy (non-hydrogen) atoms. The highest BCUT2D eigenvalue weighted by molar-refractivity contribution is 8.15. The average Bonchev–Trinajstić information content (AvgIpc) is 3.10. The van der Waals surface area contributed by atoms with Crippen LogP contribution in [0.25, 0.3) is 0 Å². The second kappa shape index (κ2) is 5.75. The monoisotopic (exact) mass is 285 g/mol. The third-order valence-electron chi connectivity index (χ3n) is 2.68. The lowest BCUT2D eigenvalue weighted by Gasteiger charge is -2.03. The zero-order valence-corrected chi connectivity index (χ0v) is 11.2. The Morgan fingerprint density at radius 2 is 2.05 bits per heavy atom. The lowest BCUT2D eigenvalue weighted by atomic mass is 10.1. The van der Waals surface area contributed by atoms with Gasteiger partial charge in [-0.2, -0.15) is 5.10 Å². The van der Waals surface area contributed by atoms with Gasteiger partial charge in [0, 0.05) is 0 Å². The lowest BCUT2D eigenvalue weighted by Crippen LogP contribution is -2.21. The third-order valence-corrected chi connectivity index (χ3v) is 3.81. The van der Waals surface area contributed by atoms with Crippen molar-refractivity contribution in [1.29, 1.82) is 0 Å². The first-order valence-corrected chi connectivity index (χ1v) is 6.88. The molecule has 1 amide bonds. The smallest absolute Gasteiger partial charge is 0.244 e. The van der Waals surface area contributed by atoms with Crippen LogP contribution in [-0.2, 0) is 4.79 Å². The average molecular weight is 285 g/mol. The molecule has 1 N–H and O–H groups in total. The molecule has 5 nitrogen and oxygen atoms in total. The first-order valence-electron chi connectivity index (χ1n) is 6.00. The summed E-state index contributed by atoms with van der Waals surface area (Å²) >= 11 is 1.35. The van der Waals surface area contributed by atoms with Gasteiger partial charge in [-0.1, -0.05) is 42.1 Å². The van der Waals surface area contributed by atoms with Crippen LogP contribution >= 0.6 is 11.8 Å². The molecule has 2 heterocycles. The quantitative estimate of drug-likeness (QED) is 0.696. The van der Waals surface area contributed by atoms with Crippen molar-refractivity contribution < 1.29 is 9.21 Å². The number of amidine groups is 1. The van der Waals surface area contributed by atoms with E-state index in [9.17, 15) is 4.79 Å². The predicted octanol–water partition coefficient (Wildman–Crippen LogP) is 2.57. The van der Waals surface area contributed by atoms with E-state index >= 15 is 0 Å². The zero-order chi connectivity index (χ0) is 13.8. The molecule has 0 spiro atoms. The number of hydrogen-bond acceptors (Lipinski definition) is 5.